The Hall–Kier alpha value is -0.660. The molecule has 3 saturated carbocycles. The first-order valence-electron chi connectivity index (χ1n) is 6.45. The minimum absolute atomic E-state index is 0.0532. The quantitative estimate of drug-likeness (QED) is 0.629. The number of rotatable bonds is 0. The van der Waals surface area contributed by atoms with Crippen LogP contribution in [0.15, 0.2) is 0 Å². The molecule has 0 aromatic rings. The van der Waals surface area contributed by atoms with Gasteiger partial charge in [-0.2, -0.15) is 0 Å². The van der Waals surface area contributed by atoms with E-state index in [1.165, 1.54) is 0 Å². The van der Waals surface area contributed by atoms with Gasteiger partial charge in [-0.15, -0.1) is 0 Å². The molecule has 0 saturated heterocycles. The molecule has 2 heteroatoms. The fourth-order valence-electron chi connectivity index (χ4n) is 5.08. The first-order valence-corrected chi connectivity index (χ1v) is 6.45. The van der Waals surface area contributed by atoms with Crippen molar-refractivity contribution in [2.75, 3.05) is 0 Å². The van der Waals surface area contributed by atoms with Crippen molar-refractivity contribution >= 4 is 11.6 Å². The Morgan fingerprint density at radius 2 is 1.69 bits per heavy atom. The van der Waals surface area contributed by atoms with Crippen LogP contribution in [0.25, 0.3) is 0 Å². The van der Waals surface area contributed by atoms with Gasteiger partial charge in [0.05, 0.1) is 0 Å². The predicted octanol–water partition coefficient (Wildman–Crippen LogP) is 2.61. The largest absolute Gasteiger partial charge is 0.299 e. The maximum atomic E-state index is 12.2. The van der Waals surface area contributed by atoms with Crippen LogP contribution in [0.3, 0.4) is 0 Å². The molecule has 0 heterocycles. The molecule has 2 nitrogen and oxygen atoms in total. The summed E-state index contributed by atoms with van der Waals surface area (Å²) in [6.07, 6.45) is 3.54. The van der Waals surface area contributed by atoms with Gasteiger partial charge in [0.1, 0.15) is 11.6 Å². The average Bonchev–Trinajstić information content (AvgIpc) is 2.70. The van der Waals surface area contributed by atoms with Gasteiger partial charge in [0.2, 0.25) is 0 Å². The number of Topliss-reactive ketones (excluding diaryl/α,β-unsaturated/α-hetero) is 2. The van der Waals surface area contributed by atoms with Crippen LogP contribution >= 0.6 is 0 Å². The molecule has 3 fully saturated rings. The molecule has 0 bridgehead atoms. The van der Waals surface area contributed by atoms with Gasteiger partial charge in [0.25, 0.3) is 0 Å². The molecule has 0 unspecified atom stereocenters. The minimum atomic E-state index is 0.0532. The summed E-state index contributed by atoms with van der Waals surface area (Å²) in [5.74, 6) is 1.49. The minimum Gasteiger partial charge on any atom is -0.299 e. The normalized spacial score (nSPS) is 49.6. The van der Waals surface area contributed by atoms with Crippen LogP contribution < -0.4 is 0 Å². The van der Waals surface area contributed by atoms with E-state index in [0.29, 0.717) is 30.3 Å². The van der Waals surface area contributed by atoms with Crippen molar-refractivity contribution < 1.29 is 9.59 Å². The van der Waals surface area contributed by atoms with Crippen molar-refractivity contribution in [1.29, 1.82) is 0 Å². The Morgan fingerprint density at radius 1 is 1.06 bits per heavy atom. The summed E-state index contributed by atoms with van der Waals surface area (Å²) < 4.78 is 0. The Bertz CT molecular complexity index is 382. The number of hydrogen-bond acceptors (Lipinski definition) is 2. The van der Waals surface area contributed by atoms with E-state index in [9.17, 15) is 9.59 Å². The monoisotopic (exact) mass is 220 g/mol. The molecule has 1 spiro atoms. The molecule has 88 valence electrons. The van der Waals surface area contributed by atoms with Crippen LogP contribution in [0.5, 0.6) is 0 Å². The van der Waals surface area contributed by atoms with Gasteiger partial charge in [0.15, 0.2) is 0 Å². The van der Waals surface area contributed by atoms with E-state index in [-0.39, 0.29) is 22.7 Å². The molecule has 0 aromatic heterocycles. The third-order valence-electron chi connectivity index (χ3n) is 5.79. The number of hydrogen-bond donors (Lipinski definition) is 0. The summed E-state index contributed by atoms with van der Waals surface area (Å²) in [7, 11) is 0. The van der Waals surface area contributed by atoms with Crippen LogP contribution in [0.4, 0.5) is 0 Å². The summed E-state index contributed by atoms with van der Waals surface area (Å²) in [6, 6.07) is 0. The number of carbonyl (C=O) groups is 2. The summed E-state index contributed by atoms with van der Waals surface area (Å²) in [5.41, 5.74) is 0.169. The van der Waals surface area contributed by atoms with Crippen molar-refractivity contribution in [1.82, 2.24) is 0 Å². The second-order valence-electron chi connectivity index (χ2n) is 6.79. The smallest absolute Gasteiger partial charge is 0.137 e. The molecule has 3 aliphatic rings. The lowest BCUT2D eigenvalue weighted by atomic mass is 9.66. The number of carbonyl (C=O) groups excluding carboxylic acids is 2. The van der Waals surface area contributed by atoms with Gasteiger partial charge >= 0.3 is 0 Å². The Kier molecular flexibility index (Phi) is 1.82. The third kappa shape index (κ3) is 0.946. The summed E-state index contributed by atoms with van der Waals surface area (Å²) >= 11 is 0. The van der Waals surface area contributed by atoms with Gasteiger partial charge in [0, 0.05) is 24.7 Å². The second-order valence-corrected chi connectivity index (χ2v) is 6.79. The van der Waals surface area contributed by atoms with Crippen molar-refractivity contribution in [2.45, 2.75) is 46.5 Å². The van der Waals surface area contributed by atoms with Crippen LogP contribution in [0.1, 0.15) is 46.5 Å². The van der Waals surface area contributed by atoms with Crippen molar-refractivity contribution in [3.8, 4) is 0 Å². The SMILES string of the molecule is C[C@@H]1C(=O)C[C@H]2CC(=O)[C@@H]3C(C)(C)CC[C@@]213. The summed E-state index contributed by atoms with van der Waals surface area (Å²) in [6.45, 7) is 6.49. The maximum absolute atomic E-state index is 12.2. The van der Waals surface area contributed by atoms with Crippen LogP contribution in [-0.4, -0.2) is 11.6 Å². The second kappa shape index (κ2) is 2.77. The molecule has 0 radical (unpaired) electrons. The Labute approximate surface area is 96.8 Å². The van der Waals surface area contributed by atoms with Crippen LogP contribution in [-0.2, 0) is 9.59 Å². The van der Waals surface area contributed by atoms with Gasteiger partial charge in [-0.3, -0.25) is 9.59 Å². The molecule has 3 aliphatic carbocycles. The topological polar surface area (TPSA) is 34.1 Å². The van der Waals surface area contributed by atoms with Gasteiger partial charge in [-0.05, 0) is 29.6 Å². The van der Waals surface area contributed by atoms with Gasteiger partial charge in [-0.25, -0.2) is 0 Å². The van der Waals surface area contributed by atoms with E-state index < -0.39 is 0 Å². The van der Waals surface area contributed by atoms with E-state index >= 15 is 0 Å². The standard InChI is InChI=1S/C14H20O2/c1-8-10(15)6-9-7-11(16)12-13(2,3)4-5-14(8,9)12/h8-9,12H,4-7H2,1-3H3/t8-,9+,12-,14+/m1/s1. The maximum Gasteiger partial charge on any atom is 0.137 e. The zero-order chi connectivity index (χ0) is 11.7. The van der Waals surface area contributed by atoms with E-state index in [1.54, 1.807) is 0 Å². The summed E-state index contributed by atoms with van der Waals surface area (Å²) in [5, 5.41) is 0. The van der Waals surface area contributed by atoms with E-state index in [2.05, 4.69) is 20.8 Å². The molecule has 3 rings (SSSR count). The van der Waals surface area contributed by atoms with Crippen LogP contribution in [0.2, 0.25) is 0 Å². The highest BCUT2D eigenvalue weighted by Crippen LogP contribution is 2.69. The Balaban J connectivity index is 2.12. The average molecular weight is 220 g/mol. The lowest BCUT2D eigenvalue weighted by Crippen LogP contribution is -2.37. The predicted molar refractivity (Wildman–Crippen MR) is 60.8 cm³/mol. The van der Waals surface area contributed by atoms with Crippen molar-refractivity contribution in [3.05, 3.63) is 0 Å². The van der Waals surface area contributed by atoms with Crippen LogP contribution in [0, 0.1) is 28.6 Å². The molecule has 0 amide bonds. The van der Waals surface area contributed by atoms with Crippen molar-refractivity contribution in [2.24, 2.45) is 28.6 Å². The lowest BCUT2D eigenvalue weighted by Gasteiger charge is -2.36. The zero-order valence-corrected chi connectivity index (χ0v) is 10.4. The van der Waals surface area contributed by atoms with Gasteiger partial charge < -0.3 is 0 Å². The highest BCUT2D eigenvalue weighted by molar-refractivity contribution is 5.93. The fourth-order valence-corrected chi connectivity index (χ4v) is 5.08. The van der Waals surface area contributed by atoms with E-state index in [0.717, 1.165) is 12.8 Å². The molecule has 0 N–H and O–H groups in total. The van der Waals surface area contributed by atoms with Crippen molar-refractivity contribution in [3.63, 3.8) is 0 Å². The molecular weight excluding hydrogens is 200 g/mol. The Morgan fingerprint density at radius 3 is 2.38 bits per heavy atom. The molecule has 0 aromatic carbocycles. The molecule has 4 atom stereocenters. The first kappa shape index (κ1) is 10.5. The lowest BCUT2D eigenvalue weighted by molar-refractivity contribution is -0.128. The van der Waals surface area contributed by atoms with E-state index in [1.807, 2.05) is 0 Å². The molecule has 0 aliphatic heterocycles. The highest BCUT2D eigenvalue weighted by Gasteiger charge is 2.69. The van der Waals surface area contributed by atoms with E-state index in [4.69, 9.17) is 0 Å². The first-order chi connectivity index (χ1) is 7.39. The fraction of sp³-hybridized carbons (Fsp3) is 0.857. The highest BCUT2D eigenvalue weighted by atomic mass is 16.1. The molecular formula is C14H20O2. The zero-order valence-electron chi connectivity index (χ0n) is 10.4. The van der Waals surface area contributed by atoms with Gasteiger partial charge in [-0.1, -0.05) is 20.8 Å². The summed E-state index contributed by atoms with van der Waals surface area (Å²) in [4.78, 5) is 24.2. The number of ketones is 2. The molecule has 16 heavy (non-hydrogen) atoms. The third-order valence-corrected chi connectivity index (χ3v) is 5.79.